The number of pyridine rings is 2. The van der Waals surface area contributed by atoms with E-state index in [4.69, 9.17) is 9.40 Å². The molecule has 0 aliphatic heterocycles. The molecule has 0 atom stereocenters. The molecule has 3 nitrogen and oxygen atoms in total. The number of nitrogens with zero attached hydrogens (tertiary/aromatic N) is 2. The number of rotatable bonds is 3. The highest BCUT2D eigenvalue weighted by Gasteiger charge is 2.14. The second kappa shape index (κ2) is 7.93. The Kier molecular flexibility index (Phi) is 4.46. The molecule has 0 bridgehead atoms. The molecule has 7 rings (SSSR count). The fourth-order valence-electron chi connectivity index (χ4n) is 4.89. The molecule has 0 aliphatic carbocycles. The van der Waals surface area contributed by atoms with E-state index in [1.807, 2.05) is 30.5 Å². The number of hydrogen-bond acceptors (Lipinski definition) is 3. The molecule has 3 heteroatoms. The third-order valence-corrected chi connectivity index (χ3v) is 6.57. The van der Waals surface area contributed by atoms with Crippen LogP contribution in [0.25, 0.3) is 66.4 Å². The van der Waals surface area contributed by atoms with Gasteiger partial charge in [-0.25, -0.2) is 4.98 Å². The fourth-order valence-corrected chi connectivity index (χ4v) is 4.89. The first-order valence-electron chi connectivity index (χ1n) is 11.7. The normalized spacial score (nSPS) is 11.4. The number of furan rings is 1. The Labute approximate surface area is 202 Å². The van der Waals surface area contributed by atoms with Crippen molar-refractivity contribution in [2.45, 2.75) is 0 Å². The Bertz CT molecular complexity index is 1850. The van der Waals surface area contributed by atoms with E-state index in [0.717, 1.165) is 66.4 Å². The van der Waals surface area contributed by atoms with Crippen molar-refractivity contribution < 1.29 is 4.42 Å². The maximum Gasteiger partial charge on any atom is 0.143 e. The lowest BCUT2D eigenvalue weighted by atomic mass is 9.97. The van der Waals surface area contributed by atoms with Crippen molar-refractivity contribution in [3.8, 4) is 33.5 Å². The number of aromatic nitrogens is 2. The van der Waals surface area contributed by atoms with E-state index in [1.54, 1.807) is 6.20 Å². The first-order chi connectivity index (χ1) is 17.3. The third kappa shape index (κ3) is 3.29. The van der Waals surface area contributed by atoms with E-state index in [0.29, 0.717) is 0 Å². The Morgan fingerprint density at radius 1 is 0.543 bits per heavy atom. The molecule has 164 valence electrons. The zero-order valence-electron chi connectivity index (χ0n) is 18.8. The lowest BCUT2D eigenvalue weighted by molar-refractivity contribution is 0.670. The Hall–Kier alpha value is -4.76. The zero-order chi connectivity index (χ0) is 23.2. The third-order valence-electron chi connectivity index (χ3n) is 6.57. The van der Waals surface area contributed by atoms with Crippen LogP contribution in [0.15, 0.2) is 126 Å². The van der Waals surface area contributed by atoms with Gasteiger partial charge < -0.3 is 4.42 Å². The number of benzene rings is 4. The van der Waals surface area contributed by atoms with Gasteiger partial charge in [0.25, 0.3) is 0 Å². The lowest BCUT2D eigenvalue weighted by Gasteiger charge is -2.11. The van der Waals surface area contributed by atoms with Gasteiger partial charge in [0.05, 0.1) is 11.2 Å². The Morgan fingerprint density at radius 2 is 1.31 bits per heavy atom. The van der Waals surface area contributed by atoms with Crippen LogP contribution in [0.4, 0.5) is 0 Å². The summed E-state index contributed by atoms with van der Waals surface area (Å²) in [5, 5.41) is 3.31. The van der Waals surface area contributed by atoms with Crippen LogP contribution in [0.1, 0.15) is 0 Å². The van der Waals surface area contributed by atoms with E-state index in [1.165, 1.54) is 0 Å². The molecule has 7 aromatic rings. The number of para-hydroxylation sites is 2. The zero-order valence-corrected chi connectivity index (χ0v) is 18.8. The van der Waals surface area contributed by atoms with Gasteiger partial charge in [-0.1, -0.05) is 84.9 Å². The van der Waals surface area contributed by atoms with Crippen molar-refractivity contribution in [1.82, 2.24) is 9.97 Å². The van der Waals surface area contributed by atoms with Gasteiger partial charge in [0.15, 0.2) is 0 Å². The van der Waals surface area contributed by atoms with Crippen molar-refractivity contribution in [3.63, 3.8) is 0 Å². The summed E-state index contributed by atoms with van der Waals surface area (Å²) in [6.07, 6.45) is 3.69. The Balaban J connectivity index is 1.42. The van der Waals surface area contributed by atoms with Gasteiger partial charge in [0.2, 0.25) is 0 Å². The summed E-state index contributed by atoms with van der Waals surface area (Å²) in [6, 6.07) is 37.6. The van der Waals surface area contributed by atoms with Gasteiger partial charge in [-0.3, -0.25) is 4.98 Å². The van der Waals surface area contributed by atoms with Gasteiger partial charge in [0.1, 0.15) is 11.2 Å². The van der Waals surface area contributed by atoms with Crippen molar-refractivity contribution >= 4 is 32.8 Å². The van der Waals surface area contributed by atoms with E-state index in [-0.39, 0.29) is 0 Å². The van der Waals surface area contributed by atoms with Gasteiger partial charge in [0, 0.05) is 39.7 Å². The van der Waals surface area contributed by atoms with Crippen LogP contribution in [0.2, 0.25) is 0 Å². The predicted molar refractivity (Wildman–Crippen MR) is 143 cm³/mol. The molecular formula is C32H20N2O. The number of hydrogen-bond donors (Lipinski definition) is 0. The van der Waals surface area contributed by atoms with E-state index in [2.05, 4.69) is 89.9 Å². The molecule has 0 spiro atoms. The molecule has 0 radical (unpaired) electrons. The number of fused-ring (bicyclic) bond motifs is 4. The second-order valence-corrected chi connectivity index (χ2v) is 8.68. The van der Waals surface area contributed by atoms with Crippen molar-refractivity contribution in [2.75, 3.05) is 0 Å². The van der Waals surface area contributed by atoms with Crippen LogP contribution >= 0.6 is 0 Å². The molecule has 3 aromatic heterocycles. The summed E-state index contributed by atoms with van der Waals surface area (Å²) in [5.41, 5.74) is 9.20. The van der Waals surface area contributed by atoms with Crippen LogP contribution < -0.4 is 0 Å². The molecule has 4 aromatic carbocycles. The molecule has 0 fully saturated rings. The van der Waals surface area contributed by atoms with Crippen LogP contribution in [0.3, 0.4) is 0 Å². The minimum absolute atomic E-state index is 0.906. The highest BCUT2D eigenvalue weighted by atomic mass is 16.3. The first kappa shape index (κ1) is 19.7. The maximum absolute atomic E-state index is 6.30. The predicted octanol–water partition coefficient (Wildman–Crippen LogP) is 8.53. The molecule has 0 amide bonds. The van der Waals surface area contributed by atoms with Crippen LogP contribution in [-0.2, 0) is 0 Å². The largest absolute Gasteiger partial charge is 0.455 e. The van der Waals surface area contributed by atoms with Gasteiger partial charge in [-0.15, -0.1) is 0 Å². The highest BCUT2D eigenvalue weighted by Crippen LogP contribution is 2.37. The van der Waals surface area contributed by atoms with Crippen LogP contribution in [-0.4, -0.2) is 9.97 Å². The van der Waals surface area contributed by atoms with Crippen LogP contribution in [0.5, 0.6) is 0 Å². The molecule has 0 unspecified atom stereocenters. The van der Waals surface area contributed by atoms with Gasteiger partial charge in [-0.2, -0.15) is 0 Å². The Morgan fingerprint density at radius 3 is 2.26 bits per heavy atom. The molecule has 0 N–H and O–H groups in total. The SMILES string of the molecule is c1ccc(-c2cc(-c3cccc(-c4cccc5c4oc4ccccc45)c3)nc3ccncc23)cc1. The summed E-state index contributed by atoms with van der Waals surface area (Å²) >= 11 is 0. The summed E-state index contributed by atoms with van der Waals surface area (Å²) in [4.78, 5) is 9.35. The average Bonchev–Trinajstić information content (AvgIpc) is 3.32. The molecule has 0 aliphatic rings. The van der Waals surface area contributed by atoms with Crippen molar-refractivity contribution in [3.05, 3.63) is 122 Å². The monoisotopic (exact) mass is 448 g/mol. The van der Waals surface area contributed by atoms with Gasteiger partial charge >= 0.3 is 0 Å². The van der Waals surface area contributed by atoms with E-state index < -0.39 is 0 Å². The smallest absolute Gasteiger partial charge is 0.143 e. The standard InChI is InChI=1S/C32H20N2O/c1-2-8-21(9-3-1)27-19-30(34-29-16-17-33-20-28(27)29)23-11-6-10-22(18-23)24-13-7-14-26-25-12-4-5-15-31(25)35-32(24)26/h1-20H. The molecule has 3 heterocycles. The average molecular weight is 449 g/mol. The van der Waals surface area contributed by atoms with Crippen molar-refractivity contribution in [1.29, 1.82) is 0 Å². The molecular weight excluding hydrogens is 428 g/mol. The quantitative estimate of drug-likeness (QED) is 0.272. The van der Waals surface area contributed by atoms with E-state index >= 15 is 0 Å². The summed E-state index contributed by atoms with van der Waals surface area (Å²) in [6.45, 7) is 0. The fraction of sp³-hybridized carbons (Fsp3) is 0. The topological polar surface area (TPSA) is 38.9 Å². The van der Waals surface area contributed by atoms with Crippen molar-refractivity contribution in [2.24, 2.45) is 0 Å². The summed E-state index contributed by atoms with van der Waals surface area (Å²) in [5.74, 6) is 0. The highest BCUT2D eigenvalue weighted by molar-refractivity contribution is 6.09. The summed E-state index contributed by atoms with van der Waals surface area (Å²) < 4.78 is 6.30. The maximum atomic E-state index is 6.30. The molecule has 0 saturated carbocycles. The minimum Gasteiger partial charge on any atom is -0.455 e. The molecule has 0 saturated heterocycles. The first-order valence-corrected chi connectivity index (χ1v) is 11.7. The summed E-state index contributed by atoms with van der Waals surface area (Å²) in [7, 11) is 0. The van der Waals surface area contributed by atoms with E-state index in [9.17, 15) is 0 Å². The van der Waals surface area contributed by atoms with Crippen LogP contribution in [0, 0.1) is 0 Å². The minimum atomic E-state index is 0.906. The van der Waals surface area contributed by atoms with Gasteiger partial charge in [-0.05, 0) is 41.0 Å². The lowest BCUT2D eigenvalue weighted by Crippen LogP contribution is -1.91. The molecule has 35 heavy (non-hydrogen) atoms. The second-order valence-electron chi connectivity index (χ2n) is 8.68.